The van der Waals surface area contributed by atoms with Gasteiger partial charge >= 0.3 is 0 Å². The number of carbonyl (C=O) groups is 1. The molecular formula is C13H17N3OS. The quantitative estimate of drug-likeness (QED) is 0.891. The fourth-order valence-corrected chi connectivity index (χ4v) is 2.61. The van der Waals surface area contributed by atoms with E-state index in [1.165, 1.54) is 16.9 Å². The number of nitrogens with one attached hydrogen (secondary N) is 1. The van der Waals surface area contributed by atoms with Crippen molar-refractivity contribution in [2.45, 2.75) is 32.7 Å². The number of anilines is 1. The molecule has 0 bridgehead atoms. The largest absolute Gasteiger partial charge is 0.328 e. The zero-order valence-electron chi connectivity index (χ0n) is 10.6. The van der Waals surface area contributed by atoms with E-state index in [9.17, 15) is 4.79 Å². The summed E-state index contributed by atoms with van der Waals surface area (Å²) in [7, 11) is 0. The number of benzene rings is 1. The van der Waals surface area contributed by atoms with E-state index in [0.717, 1.165) is 10.2 Å². The molecule has 2 aromatic rings. The molecule has 0 spiro atoms. The Morgan fingerprint density at radius 3 is 3.06 bits per heavy atom. The smallest absolute Gasteiger partial charge is 0.226 e. The van der Waals surface area contributed by atoms with Crippen LogP contribution in [-0.2, 0) is 4.79 Å². The first kappa shape index (κ1) is 13.0. The van der Waals surface area contributed by atoms with Gasteiger partial charge in [-0.25, -0.2) is 4.98 Å². The van der Waals surface area contributed by atoms with Crippen molar-refractivity contribution in [1.82, 2.24) is 4.98 Å². The Hall–Kier alpha value is -1.46. The molecule has 1 amide bonds. The van der Waals surface area contributed by atoms with Crippen molar-refractivity contribution in [3.05, 3.63) is 23.8 Å². The van der Waals surface area contributed by atoms with E-state index in [1.807, 2.05) is 26.0 Å². The second-order valence-corrected chi connectivity index (χ2v) is 5.58. The summed E-state index contributed by atoms with van der Waals surface area (Å²) in [4.78, 5) is 16.0. The van der Waals surface area contributed by atoms with E-state index in [2.05, 4.69) is 16.4 Å². The number of carbonyl (C=O) groups excluding carboxylic acids is 1. The maximum absolute atomic E-state index is 11.7. The van der Waals surface area contributed by atoms with Gasteiger partial charge in [-0.1, -0.05) is 17.4 Å². The molecule has 3 N–H and O–H groups in total. The molecule has 0 radical (unpaired) electrons. The highest BCUT2D eigenvalue weighted by molar-refractivity contribution is 7.22. The molecule has 1 aromatic carbocycles. The van der Waals surface area contributed by atoms with E-state index in [0.29, 0.717) is 18.0 Å². The van der Waals surface area contributed by atoms with E-state index in [4.69, 9.17) is 5.73 Å². The minimum atomic E-state index is -0.0249. The summed E-state index contributed by atoms with van der Waals surface area (Å²) in [5.74, 6) is -0.0249. The minimum absolute atomic E-state index is 0.0249. The van der Waals surface area contributed by atoms with Crippen LogP contribution in [0.1, 0.15) is 25.3 Å². The molecule has 1 aromatic heterocycles. The molecular weight excluding hydrogens is 246 g/mol. The summed E-state index contributed by atoms with van der Waals surface area (Å²) in [6.45, 7) is 3.94. The average Bonchev–Trinajstić information content (AvgIpc) is 2.67. The minimum Gasteiger partial charge on any atom is -0.328 e. The zero-order chi connectivity index (χ0) is 13.1. The van der Waals surface area contributed by atoms with Gasteiger partial charge in [0, 0.05) is 12.5 Å². The van der Waals surface area contributed by atoms with Crippen LogP contribution in [0.5, 0.6) is 0 Å². The van der Waals surface area contributed by atoms with E-state index >= 15 is 0 Å². The van der Waals surface area contributed by atoms with E-state index in [1.54, 1.807) is 0 Å². The lowest BCUT2D eigenvalue weighted by Crippen LogP contribution is -2.19. The number of nitrogens with two attached hydrogens (primary N) is 1. The fourth-order valence-electron chi connectivity index (χ4n) is 1.63. The van der Waals surface area contributed by atoms with E-state index < -0.39 is 0 Å². The van der Waals surface area contributed by atoms with Crippen molar-refractivity contribution < 1.29 is 4.79 Å². The van der Waals surface area contributed by atoms with Crippen LogP contribution in [0.4, 0.5) is 5.13 Å². The van der Waals surface area contributed by atoms with Gasteiger partial charge in [0.25, 0.3) is 0 Å². The molecule has 0 saturated carbocycles. The van der Waals surface area contributed by atoms with Crippen molar-refractivity contribution >= 4 is 32.6 Å². The number of aryl methyl sites for hydroxylation is 1. The van der Waals surface area contributed by atoms with Gasteiger partial charge in [-0.3, -0.25) is 4.79 Å². The SMILES string of the molecule is Cc1ccc2nc(NC(=O)CCC(C)N)sc2c1. The summed E-state index contributed by atoms with van der Waals surface area (Å²) in [5.41, 5.74) is 7.74. The summed E-state index contributed by atoms with van der Waals surface area (Å²) in [5, 5.41) is 3.48. The lowest BCUT2D eigenvalue weighted by molar-refractivity contribution is -0.116. The van der Waals surface area contributed by atoms with Crippen molar-refractivity contribution in [2.24, 2.45) is 5.73 Å². The predicted molar refractivity (Wildman–Crippen MR) is 75.9 cm³/mol. The number of nitrogens with zero attached hydrogens (tertiary/aromatic N) is 1. The van der Waals surface area contributed by atoms with Crippen molar-refractivity contribution in [3.8, 4) is 0 Å². The molecule has 0 fully saturated rings. The topological polar surface area (TPSA) is 68.0 Å². The van der Waals surface area contributed by atoms with Crippen molar-refractivity contribution in [1.29, 1.82) is 0 Å². The normalized spacial score (nSPS) is 12.6. The number of aromatic nitrogens is 1. The first-order valence-corrected chi connectivity index (χ1v) is 6.79. The first-order chi connectivity index (χ1) is 8.54. The number of thiazole rings is 1. The first-order valence-electron chi connectivity index (χ1n) is 5.97. The van der Waals surface area contributed by atoms with Gasteiger partial charge in [0.2, 0.25) is 5.91 Å². The molecule has 0 aliphatic heterocycles. The highest BCUT2D eigenvalue weighted by atomic mass is 32.1. The molecule has 0 aliphatic rings. The van der Waals surface area contributed by atoms with Crippen molar-refractivity contribution in [3.63, 3.8) is 0 Å². The van der Waals surface area contributed by atoms with Crippen LogP contribution in [0.3, 0.4) is 0 Å². The Morgan fingerprint density at radius 1 is 1.56 bits per heavy atom. The molecule has 1 heterocycles. The van der Waals surface area contributed by atoms with Gasteiger partial charge in [0.15, 0.2) is 5.13 Å². The molecule has 2 rings (SSSR count). The van der Waals surface area contributed by atoms with Crippen molar-refractivity contribution in [2.75, 3.05) is 5.32 Å². The van der Waals surface area contributed by atoms with Crippen LogP contribution in [-0.4, -0.2) is 16.9 Å². The van der Waals surface area contributed by atoms with Gasteiger partial charge in [0.1, 0.15) is 0 Å². The van der Waals surface area contributed by atoms with Gasteiger partial charge in [0.05, 0.1) is 10.2 Å². The molecule has 1 atom stereocenters. The summed E-state index contributed by atoms with van der Waals surface area (Å²) < 4.78 is 1.09. The summed E-state index contributed by atoms with van der Waals surface area (Å²) >= 11 is 1.50. The number of fused-ring (bicyclic) bond motifs is 1. The average molecular weight is 263 g/mol. The third-order valence-electron chi connectivity index (χ3n) is 2.62. The van der Waals surface area contributed by atoms with Crippen LogP contribution >= 0.6 is 11.3 Å². The second kappa shape index (κ2) is 5.46. The van der Waals surface area contributed by atoms with E-state index in [-0.39, 0.29) is 11.9 Å². The molecule has 0 saturated heterocycles. The number of hydrogen-bond acceptors (Lipinski definition) is 4. The predicted octanol–water partition coefficient (Wildman–Crippen LogP) is 2.67. The van der Waals surface area contributed by atoms with Gasteiger partial charge < -0.3 is 11.1 Å². The molecule has 1 unspecified atom stereocenters. The molecule has 0 aliphatic carbocycles. The Kier molecular flexibility index (Phi) is 3.93. The molecule has 18 heavy (non-hydrogen) atoms. The monoisotopic (exact) mass is 263 g/mol. The third kappa shape index (κ3) is 3.27. The highest BCUT2D eigenvalue weighted by Gasteiger charge is 2.08. The van der Waals surface area contributed by atoms with Crippen LogP contribution < -0.4 is 11.1 Å². The molecule has 96 valence electrons. The number of amides is 1. The van der Waals surface area contributed by atoms with Crippen LogP contribution in [0, 0.1) is 6.92 Å². The summed E-state index contributed by atoms with van der Waals surface area (Å²) in [6.07, 6.45) is 1.13. The lowest BCUT2D eigenvalue weighted by Gasteiger charge is -2.03. The number of rotatable bonds is 4. The molecule has 4 nitrogen and oxygen atoms in total. The second-order valence-electron chi connectivity index (χ2n) is 4.55. The molecule has 5 heteroatoms. The van der Waals surface area contributed by atoms with Crippen LogP contribution in [0.2, 0.25) is 0 Å². The maximum atomic E-state index is 11.7. The highest BCUT2D eigenvalue weighted by Crippen LogP contribution is 2.26. The zero-order valence-corrected chi connectivity index (χ0v) is 11.4. The Morgan fingerprint density at radius 2 is 2.33 bits per heavy atom. The van der Waals surface area contributed by atoms with Gasteiger partial charge in [-0.2, -0.15) is 0 Å². The maximum Gasteiger partial charge on any atom is 0.226 e. The number of hydrogen-bond donors (Lipinski definition) is 2. The Bertz CT molecular complexity index is 562. The standard InChI is InChI=1S/C13H17N3OS/c1-8-3-5-10-11(7-8)18-13(15-10)16-12(17)6-4-9(2)14/h3,5,7,9H,4,6,14H2,1-2H3,(H,15,16,17). The fraction of sp³-hybridized carbons (Fsp3) is 0.385. The van der Waals surface area contributed by atoms with Gasteiger partial charge in [-0.05, 0) is 38.0 Å². The lowest BCUT2D eigenvalue weighted by atomic mass is 10.2. The third-order valence-corrected chi connectivity index (χ3v) is 3.55. The summed E-state index contributed by atoms with van der Waals surface area (Å²) in [6, 6.07) is 6.11. The van der Waals surface area contributed by atoms with Gasteiger partial charge in [-0.15, -0.1) is 0 Å². The van der Waals surface area contributed by atoms with Crippen LogP contribution in [0.15, 0.2) is 18.2 Å². The Labute approximate surface area is 110 Å². The van der Waals surface area contributed by atoms with Crippen LogP contribution in [0.25, 0.3) is 10.2 Å². The Balaban J connectivity index is 2.05.